The molecule has 1 aromatic rings. The van der Waals surface area contributed by atoms with Crippen LogP contribution in [0.1, 0.15) is 44.2 Å². The first-order valence-corrected chi connectivity index (χ1v) is 4.72. The fourth-order valence-electron chi connectivity index (χ4n) is 2.11. The van der Waals surface area contributed by atoms with Gasteiger partial charge in [-0.1, -0.05) is 19.8 Å². The van der Waals surface area contributed by atoms with Crippen LogP contribution in [-0.4, -0.2) is 15.4 Å². The van der Waals surface area contributed by atoms with Gasteiger partial charge in [0, 0.05) is 5.92 Å². The van der Waals surface area contributed by atoms with Crippen molar-refractivity contribution in [1.29, 1.82) is 0 Å². The molecule has 66 valence electrons. The van der Waals surface area contributed by atoms with E-state index in [1.807, 2.05) is 6.20 Å². The van der Waals surface area contributed by atoms with E-state index in [1.165, 1.54) is 25.7 Å². The molecular formula is C9H15N3. The minimum absolute atomic E-state index is 0.660. The van der Waals surface area contributed by atoms with Crippen LogP contribution in [0.4, 0.5) is 0 Å². The maximum Gasteiger partial charge on any atom is 0.0855 e. The van der Waals surface area contributed by atoms with Crippen molar-refractivity contribution >= 4 is 0 Å². The second-order valence-corrected chi connectivity index (χ2v) is 3.86. The molecule has 2 rings (SSSR count). The molecule has 2 atom stereocenters. The number of H-pyrrole nitrogens is 1. The first kappa shape index (κ1) is 7.77. The second-order valence-electron chi connectivity index (χ2n) is 3.86. The van der Waals surface area contributed by atoms with E-state index in [-0.39, 0.29) is 0 Å². The van der Waals surface area contributed by atoms with Crippen LogP contribution in [0.5, 0.6) is 0 Å². The van der Waals surface area contributed by atoms with Crippen molar-refractivity contribution in [3.63, 3.8) is 0 Å². The fourth-order valence-corrected chi connectivity index (χ4v) is 2.11. The maximum absolute atomic E-state index is 4.14. The molecule has 1 heterocycles. The minimum atomic E-state index is 0.660. The van der Waals surface area contributed by atoms with Crippen molar-refractivity contribution in [3.05, 3.63) is 11.9 Å². The van der Waals surface area contributed by atoms with Crippen molar-refractivity contribution in [2.75, 3.05) is 0 Å². The van der Waals surface area contributed by atoms with Gasteiger partial charge in [-0.3, -0.25) is 0 Å². The van der Waals surface area contributed by atoms with E-state index in [2.05, 4.69) is 22.3 Å². The fraction of sp³-hybridized carbons (Fsp3) is 0.778. The van der Waals surface area contributed by atoms with Gasteiger partial charge in [-0.2, -0.15) is 15.4 Å². The zero-order valence-electron chi connectivity index (χ0n) is 7.45. The van der Waals surface area contributed by atoms with Crippen molar-refractivity contribution in [3.8, 4) is 0 Å². The Balaban J connectivity index is 2.04. The molecule has 0 aromatic carbocycles. The third kappa shape index (κ3) is 1.49. The van der Waals surface area contributed by atoms with Gasteiger partial charge < -0.3 is 0 Å². The second kappa shape index (κ2) is 3.25. The lowest BCUT2D eigenvalue weighted by molar-refractivity contribution is 0.340. The highest BCUT2D eigenvalue weighted by Gasteiger charge is 2.21. The molecule has 0 radical (unpaired) electrons. The topological polar surface area (TPSA) is 41.6 Å². The smallest absolute Gasteiger partial charge is 0.0855 e. The SMILES string of the molecule is C[C@H]1CCC[C@@H](c2cn[nH]n2)C1. The molecule has 1 aliphatic carbocycles. The van der Waals surface area contributed by atoms with Crippen molar-refractivity contribution < 1.29 is 0 Å². The van der Waals surface area contributed by atoms with Crippen LogP contribution in [0.15, 0.2) is 6.20 Å². The monoisotopic (exact) mass is 165 g/mol. The summed E-state index contributed by atoms with van der Waals surface area (Å²) in [6, 6.07) is 0. The van der Waals surface area contributed by atoms with Crippen molar-refractivity contribution in [1.82, 2.24) is 15.4 Å². The Morgan fingerprint density at radius 1 is 1.50 bits per heavy atom. The molecule has 0 amide bonds. The molecule has 1 aliphatic rings. The summed E-state index contributed by atoms with van der Waals surface area (Å²) in [4.78, 5) is 0. The normalized spacial score (nSPS) is 30.4. The Morgan fingerprint density at radius 3 is 3.08 bits per heavy atom. The molecule has 3 nitrogen and oxygen atoms in total. The van der Waals surface area contributed by atoms with Crippen molar-refractivity contribution in [2.24, 2.45) is 5.92 Å². The third-order valence-corrected chi connectivity index (χ3v) is 2.79. The summed E-state index contributed by atoms with van der Waals surface area (Å²) in [7, 11) is 0. The van der Waals surface area contributed by atoms with Crippen LogP contribution in [0.25, 0.3) is 0 Å². The number of rotatable bonds is 1. The van der Waals surface area contributed by atoms with Crippen LogP contribution in [0, 0.1) is 5.92 Å². The number of nitrogens with one attached hydrogen (secondary N) is 1. The summed E-state index contributed by atoms with van der Waals surface area (Å²) in [5.41, 5.74) is 1.15. The van der Waals surface area contributed by atoms with Gasteiger partial charge in [0.25, 0.3) is 0 Å². The highest BCUT2D eigenvalue weighted by Crippen LogP contribution is 2.34. The van der Waals surface area contributed by atoms with Crippen LogP contribution < -0.4 is 0 Å². The zero-order chi connectivity index (χ0) is 8.39. The predicted octanol–water partition coefficient (Wildman–Crippen LogP) is 2.10. The van der Waals surface area contributed by atoms with Crippen molar-refractivity contribution in [2.45, 2.75) is 38.5 Å². The molecule has 0 aliphatic heterocycles. The summed E-state index contributed by atoms with van der Waals surface area (Å²) < 4.78 is 0. The molecule has 1 fully saturated rings. The average molecular weight is 165 g/mol. The lowest BCUT2D eigenvalue weighted by Crippen LogP contribution is -2.11. The Kier molecular flexibility index (Phi) is 2.11. The van der Waals surface area contributed by atoms with Crippen LogP contribution >= 0.6 is 0 Å². The van der Waals surface area contributed by atoms with E-state index in [4.69, 9.17) is 0 Å². The van der Waals surface area contributed by atoms with E-state index < -0.39 is 0 Å². The first-order valence-electron chi connectivity index (χ1n) is 4.72. The largest absolute Gasteiger partial charge is 0.198 e. The van der Waals surface area contributed by atoms with Crippen LogP contribution in [-0.2, 0) is 0 Å². The third-order valence-electron chi connectivity index (χ3n) is 2.79. The molecule has 12 heavy (non-hydrogen) atoms. The van der Waals surface area contributed by atoms with Gasteiger partial charge in [0.15, 0.2) is 0 Å². The number of aromatic nitrogens is 3. The summed E-state index contributed by atoms with van der Waals surface area (Å²) in [5, 5.41) is 10.7. The predicted molar refractivity (Wildman–Crippen MR) is 46.8 cm³/mol. The van der Waals surface area contributed by atoms with Gasteiger partial charge in [0.1, 0.15) is 0 Å². The van der Waals surface area contributed by atoms with Crippen LogP contribution in [0.2, 0.25) is 0 Å². The van der Waals surface area contributed by atoms with E-state index in [1.54, 1.807) is 0 Å². The average Bonchev–Trinajstić information content (AvgIpc) is 2.56. The first-order chi connectivity index (χ1) is 5.86. The highest BCUT2D eigenvalue weighted by atomic mass is 15.3. The Morgan fingerprint density at radius 2 is 2.42 bits per heavy atom. The molecule has 0 bridgehead atoms. The molecule has 1 N–H and O–H groups in total. The Labute approximate surface area is 72.6 Å². The molecular weight excluding hydrogens is 150 g/mol. The summed E-state index contributed by atoms with van der Waals surface area (Å²) in [6.07, 6.45) is 7.17. The number of hydrogen-bond donors (Lipinski definition) is 1. The molecule has 0 saturated heterocycles. The zero-order valence-corrected chi connectivity index (χ0v) is 7.45. The lowest BCUT2D eigenvalue weighted by atomic mass is 9.81. The summed E-state index contributed by atoms with van der Waals surface area (Å²) >= 11 is 0. The van der Waals surface area contributed by atoms with Gasteiger partial charge in [-0.25, -0.2) is 0 Å². The van der Waals surface area contributed by atoms with Gasteiger partial charge in [-0.15, -0.1) is 0 Å². The highest BCUT2D eigenvalue weighted by molar-refractivity contribution is 5.02. The minimum Gasteiger partial charge on any atom is -0.198 e. The summed E-state index contributed by atoms with van der Waals surface area (Å²) in [6.45, 7) is 2.33. The van der Waals surface area contributed by atoms with E-state index in [0.29, 0.717) is 5.92 Å². The lowest BCUT2D eigenvalue weighted by Gasteiger charge is -2.24. The molecule has 3 heteroatoms. The Bertz CT molecular complexity index is 230. The quantitative estimate of drug-likeness (QED) is 0.692. The molecule has 1 saturated carbocycles. The standard InChI is InChI=1S/C9H15N3/c1-7-3-2-4-8(5-7)9-6-10-12-11-9/h6-8H,2-5H2,1H3,(H,10,11,12)/t7-,8+/m0/s1. The summed E-state index contributed by atoms with van der Waals surface area (Å²) in [5.74, 6) is 1.52. The van der Waals surface area contributed by atoms with Gasteiger partial charge in [0.05, 0.1) is 11.9 Å². The van der Waals surface area contributed by atoms with E-state index >= 15 is 0 Å². The number of nitrogens with zero attached hydrogens (tertiary/aromatic N) is 2. The van der Waals surface area contributed by atoms with Gasteiger partial charge >= 0.3 is 0 Å². The van der Waals surface area contributed by atoms with E-state index in [0.717, 1.165) is 11.6 Å². The van der Waals surface area contributed by atoms with Gasteiger partial charge in [-0.05, 0) is 18.8 Å². The van der Waals surface area contributed by atoms with Gasteiger partial charge in [0.2, 0.25) is 0 Å². The molecule has 0 spiro atoms. The number of aromatic amines is 1. The Hall–Kier alpha value is -0.860. The van der Waals surface area contributed by atoms with E-state index in [9.17, 15) is 0 Å². The number of hydrogen-bond acceptors (Lipinski definition) is 2. The van der Waals surface area contributed by atoms with Crippen LogP contribution in [0.3, 0.4) is 0 Å². The molecule has 1 aromatic heterocycles. The maximum atomic E-state index is 4.14. The molecule has 0 unspecified atom stereocenters.